The predicted molar refractivity (Wildman–Crippen MR) is 100 cm³/mol. The Morgan fingerprint density at radius 3 is 2.67 bits per heavy atom. The highest BCUT2D eigenvalue weighted by atomic mass is 35.5. The van der Waals surface area contributed by atoms with Gasteiger partial charge in [0, 0.05) is 43.3 Å². The number of hydrogen-bond donors (Lipinski definition) is 1. The van der Waals surface area contributed by atoms with Gasteiger partial charge in [-0.1, -0.05) is 17.7 Å². The normalized spacial score (nSPS) is 17.0. The number of rotatable bonds is 4. The summed E-state index contributed by atoms with van der Waals surface area (Å²) in [7, 11) is 0. The summed E-state index contributed by atoms with van der Waals surface area (Å²) in [6.07, 6.45) is 5.02. The molecule has 2 aliphatic rings. The standard InChI is InChI=1S/C20H21ClN2O4/c21-20-13(5-4-6-22-20)14(10-19(25)23-7-2-1-3-8-23)15-9-17-18(11-16(15)24)27-12-26-17/h4-6,9,11,14,24H,1-3,7-8,10,12H2/t14-/m1/s1. The summed E-state index contributed by atoms with van der Waals surface area (Å²) in [5.41, 5.74) is 1.29. The minimum absolute atomic E-state index is 0.0515. The van der Waals surface area contributed by atoms with Gasteiger partial charge in [0.15, 0.2) is 11.5 Å². The molecule has 0 aliphatic carbocycles. The minimum atomic E-state index is -0.421. The number of carbonyl (C=O) groups excluding carboxylic acids is 1. The fourth-order valence-corrected chi connectivity index (χ4v) is 3.97. The topological polar surface area (TPSA) is 71.9 Å². The fraction of sp³-hybridized carbons (Fsp3) is 0.400. The molecule has 0 radical (unpaired) electrons. The number of halogens is 1. The number of phenols is 1. The maximum atomic E-state index is 12.9. The Balaban J connectivity index is 1.71. The molecule has 0 spiro atoms. The molecule has 1 saturated heterocycles. The van der Waals surface area contributed by atoms with Gasteiger partial charge in [-0.3, -0.25) is 4.79 Å². The minimum Gasteiger partial charge on any atom is -0.508 e. The van der Waals surface area contributed by atoms with E-state index in [0.29, 0.717) is 27.8 Å². The van der Waals surface area contributed by atoms with Crippen LogP contribution in [-0.4, -0.2) is 40.8 Å². The Morgan fingerprint density at radius 2 is 1.93 bits per heavy atom. The summed E-state index contributed by atoms with van der Waals surface area (Å²) < 4.78 is 10.8. The van der Waals surface area contributed by atoms with Crippen LogP contribution >= 0.6 is 11.6 Å². The average molecular weight is 389 g/mol. The van der Waals surface area contributed by atoms with E-state index in [9.17, 15) is 9.90 Å². The van der Waals surface area contributed by atoms with Crippen molar-refractivity contribution >= 4 is 17.5 Å². The Morgan fingerprint density at radius 1 is 1.19 bits per heavy atom. The summed E-state index contributed by atoms with van der Waals surface area (Å²) in [4.78, 5) is 19.0. The molecule has 0 saturated carbocycles. The van der Waals surface area contributed by atoms with E-state index in [1.165, 1.54) is 6.07 Å². The van der Waals surface area contributed by atoms with E-state index < -0.39 is 5.92 Å². The first-order chi connectivity index (χ1) is 13.1. The molecule has 4 rings (SSSR count). The molecule has 7 heteroatoms. The first-order valence-corrected chi connectivity index (χ1v) is 9.52. The van der Waals surface area contributed by atoms with Gasteiger partial charge in [-0.25, -0.2) is 4.98 Å². The second-order valence-electron chi connectivity index (χ2n) is 6.85. The monoisotopic (exact) mass is 388 g/mol. The third-order valence-electron chi connectivity index (χ3n) is 5.15. The van der Waals surface area contributed by atoms with Crippen LogP contribution in [0.1, 0.15) is 42.7 Å². The predicted octanol–water partition coefficient (Wildman–Crippen LogP) is 3.70. The van der Waals surface area contributed by atoms with E-state index >= 15 is 0 Å². The van der Waals surface area contributed by atoms with Crippen LogP contribution in [0.5, 0.6) is 17.2 Å². The fourth-order valence-electron chi connectivity index (χ4n) is 3.72. The highest BCUT2D eigenvalue weighted by molar-refractivity contribution is 6.30. The van der Waals surface area contributed by atoms with Crippen molar-refractivity contribution in [1.82, 2.24) is 9.88 Å². The van der Waals surface area contributed by atoms with Crippen LogP contribution in [0.4, 0.5) is 0 Å². The number of fused-ring (bicyclic) bond motifs is 1. The molecular weight excluding hydrogens is 368 g/mol. The van der Waals surface area contributed by atoms with E-state index in [1.807, 2.05) is 11.0 Å². The zero-order valence-electron chi connectivity index (χ0n) is 14.9. The lowest BCUT2D eigenvalue weighted by Gasteiger charge is -2.29. The molecule has 3 heterocycles. The van der Waals surface area contributed by atoms with Crippen molar-refractivity contribution in [2.24, 2.45) is 0 Å². The SMILES string of the molecule is O=C(C[C@@H](c1cc2c(cc1O)OCO2)c1cccnc1Cl)N1CCCCC1. The molecule has 27 heavy (non-hydrogen) atoms. The highest BCUT2D eigenvalue weighted by Gasteiger charge is 2.29. The van der Waals surface area contributed by atoms with Gasteiger partial charge >= 0.3 is 0 Å². The number of carbonyl (C=O) groups is 1. The van der Waals surface area contributed by atoms with Crippen LogP contribution in [0.2, 0.25) is 5.15 Å². The maximum absolute atomic E-state index is 12.9. The van der Waals surface area contributed by atoms with Crippen LogP contribution in [0.3, 0.4) is 0 Å². The van der Waals surface area contributed by atoms with E-state index in [0.717, 1.165) is 32.4 Å². The van der Waals surface area contributed by atoms with E-state index in [1.54, 1.807) is 18.3 Å². The van der Waals surface area contributed by atoms with Gasteiger partial charge in [-0.15, -0.1) is 0 Å². The summed E-state index contributed by atoms with van der Waals surface area (Å²) in [6, 6.07) is 6.88. The number of phenolic OH excluding ortho intramolecular Hbond substituents is 1. The highest BCUT2D eigenvalue weighted by Crippen LogP contribution is 2.44. The van der Waals surface area contributed by atoms with Gasteiger partial charge in [0.25, 0.3) is 0 Å². The molecular formula is C20H21ClN2O4. The van der Waals surface area contributed by atoms with Crippen molar-refractivity contribution in [3.63, 3.8) is 0 Å². The Labute approximate surface area is 162 Å². The van der Waals surface area contributed by atoms with E-state index in [4.69, 9.17) is 21.1 Å². The molecule has 0 bridgehead atoms. The molecule has 2 aromatic rings. The summed E-state index contributed by atoms with van der Waals surface area (Å²) in [6.45, 7) is 1.67. The van der Waals surface area contributed by atoms with Crippen molar-refractivity contribution in [2.45, 2.75) is 31.6 Å². The van der Waals surface area contributed by atoms with Gasteiger partial charge in [0.2, 0.25) is 12.7 Å². The smallest absolute Gasteiger partial charge is 0.231 e. The number of likely N-dealkylation sites (tertiary alicyclic amines) is 1. The number of aromatic hydroxyl groups is 1. The number of piperidine rings is 1. The molecule has 2 aliphatic heterocycles. The summed E-state index contributed by atoms with van der Waals surface area (Å²) >= 11 is 6.33. The molecule has 142 valence electrons. The van der Waals surface area contributed by atoms with Crippen molar-refractivity contribution < 1.29 is 19.4 Å². The maximum Gasteiger partial charge on any atom is 0.231 e. The number of amides is 1. The lowest BCUT2D eigenvalue weighted by molar-refractivity contribution is -0.132. The number of hydrogen-bond acceptors (Lipinski definition) is 5. The molecule has 1 atom stereocenters. The number of nitrogens with zero attached hydrogens (tertiary/aromatic N) is 2. The van der Waals surface area contributed by atoms with Crippen LogP contribution < -0.4 is 9.47 Å². The first-order valence-electron chi connectivity index (χ1n) is 9.14. The molecule has 1 amide bonds. The second kappa shape index (κ2) is 7.64. The molecule has 1 aromatic carbocycles. The van der Waals surface area contributed by atoms with Crippen LogP contribution in [0.15, 0.2) is 30.5 Å². The van der Waals surface area contributed by atoms with Crippen LogP contribution in [0, 0.1) is 0 Å². The van der Waals surface area contributed by atoms with E-state index in [2.05, 4.69) is 4.98 Å². The summed E-state index contributed by atoms with van der Waals surface area (Å²) in [5, 5.41) is 10.9. The van der Waals surface area contributed by atoms with Crippen molar-refractivity contribution in [3.8, 4) is 17.2 Å². The zero-order chi connectivity index (χ0) is 18.8. The second-order valence-corrected chi connectivity index (χ2v) is 7.20. The number of aromatic nitrogens is 1. The number of pyridine rings is 1. The number of ether oxygens (including phenoxy) is 2. The summed E-state index contributed by atoms with van der Waals surface area (Å²) in [5.74, 6) is 0.732. The lowest BCUT2D eigenvalue weighted by Crippen LogP contribution is -2.36. The quantitative estimate of drug-likeness (QED) is 0.808. The molecule has 1 aromatic heterocycles. The third kappa shape index (κ3) is 3.67. The van der Waals surface area contributed by atoms with Crippen molar-refractivity contribution in [2.75, 3.05) is 19.9 Å². The Kier molecular flexibility index (Phi) is 5.07. The molecule has 1 fully saturated rings. The Bertz CT molecular complexity index is 852. The zero-order valence-corrected chi connectivity index (χ0v) is 15.6. The van der Waals surface area contributed by atoms with Gasteiger partial charge in [-0.2, -0.15) is 0 Å². The van der Waals surface area contributed by atoms with E-state index in [-0.39, 0.29) is 24.9 Å². The Hall–Kier alpha value is -2.47. The third-order valence-corrected chi connectivity index (χ3v) is 5.46. The van der Waals surface area contributed by atoms with Gasteiger partial charge in [0.05, 0.1) is 0 Å². The largest absolute Gasteiger partial charge is 0.508 e. The van der Waals surface area contributed by atoms with Crippen LogP contribution in [0.25, 0.3) is 0 Å². The van der Waals surface area contributed by atoms with Crippen LogP contribution in [-0.2, 0) is 4.79 Å². The van der Waals surface area contributed by atoms with Gasteiger partial charge in [0.1, 0.15) is 10.9 Å². The van der Waals surface area contributed by atoms with Gasteiger partial charge < -0.3 is 19.5 Å². The van der Waals surface area contributed by atoms with Gasteiger partial charge in [-0.05, 0) is 37.0 Å². The van der Waals surface area contributed by atoms with Crippen molar-refractivity contribution in [3.05, 3.63) is 46.7 Å². The van der Waals surface area contributed by atoms with Crippen molar-refractivity contribution in [1.29, 1.82) is 0 Å². The molecule has 0 unspecified atom stereocenters. The molecule has 6 nitrogen and oxygen atoms in total. The average Bonchev–Trinajstić information content (AvgIpc) is 3.14. The first kappa shape index (κ1) is 17.9. The lowest BCUT2D eigenvalue weighted by atomic mass is 9.87. The molecule has 1 N–H and O–H groups in total. The number of benzene rings is 1.